The van der Waals surface area contributed by atoms with Crippen LogP contribution in [0.2, 0.25) is 0 Å². The van der Waals surface area contributed by atoms with Crippen molar-refractivity contribution in [2.24, 2.45) is 0 Å². The summed E-state index contributed by atoms with van der Waals surface area (Å²) in [5.74, 6) is -0.559. The molecule has 0 N–H and O–H groups in total. The third-order valence-electron chi connectivity index (χ3n) is 3.08. The first-order chi connectivity index (χ1) is 9.18. The first-order valence-corrected chi connectivity index (χ1v) is 8.26. The Morgan fingerprint density at radius 1 is 1.30 bits per heavy atom. The molecule has 1 aromatic carbocycles. The number of ether oxygens (including phenoxy) is 1. The summed E-state index contributed by atoms with van der Waals surface area (Å²) < 4.78 is 30.0. The van der Waals surface area contributed by atoms with Gasteiger partial charge in [-0.05, 0) is 51.0 Å². The Hall–Kier alpha value is -1.56. The number of rotatable bonds is 5. The molecule has 0 aliphatic heterocycles. The lowest BCUT2D eigenvalue weighted by Crippen LogP contribution is -2.43. The second-order valence-corrected chi connectivity index (χ2v) is 6.61. The van der Waals surface area contributed by atoms with Crippen LogP contribution in [-0.2, 0) is 19.6 Å². The van der Waals surface area contributed by atoms with Crippen LogP contribution in [0.5, 0.6) is 0 Å². The Labute approximate surface area is 120 Å². The maximum Gasteiger partial charge on any atom is 0.329 e. The fourth-order valence-electron chi connectivity index (χ4n) is 1.92. The minimum absolute atomic E-state index is 0.216. The molecule has 0 saturated carbocycles. The van der Waals surface area contributed by atoms with Crippen LogP contribution < -0.4 is 4.31 Å². The molecule has 0 bridgehead atoms. The Kier molecular flexibility index (Phi) is 5.16. The predicted molar refractivity (Wildman–Crippen MR) is 79.3 cm³/mol. The Morgan fingerprint density at radius 3 is 2.35 bits per heavy atom. The zero-order valence-corrected chi connectivity index (χ0v) is 13.3. The van der Waals surface area contributed by atoms with Gasteiger partial charge in [-0.25, -0.2) is 13.2 Å². The van der Waals surface area contributed by atoms with Crippen molar-refractivity contribution in [3.05, 3.63) is 29.3 Å². The molecule has 1 atom stereocenters. The lowest BCUT2D eigenvalue weighted by Gasteiger charge is -2.28. The standard InChI is InChI=1S/C14H21NO4S/c1-6-19-14(16)12(4)15(20(5,17)18)13-8-7-10(2)11(3)9-13/h7-9,12H,6H2,1-5H3. The molecule has 0 spiro atoms. The van der Waals surface area contributed by atoms with Gasteiger partial charge in [-0.3, -0.25) is 4.31 Å². The van der Waals surface area contributed by atoms with Crippen LogP contribution in [0.25, 0.3) is 0 Å². The summed E-state index contributed by atoms with van der Waals surface area (Å²) in [4.78, 5) is 11.8. The Bertz CT molecular complexity index is 595. The normalized spacial score (nSPS) is 12.8. The SMILES string of the molecule is CCOC(=O)C(C)N(c1ccc(C)c(C)c1)S(C)(=O)=O. The summed E-state index contributed by atoms with van der Waals surface area (Å²) in [6.07, 6.45) is 1.08. The number of esters is 1. The Morgan fingerprint density at radius 2 is 1.90 bits per heavy atom. The lowest BCUT2D eigenvalue weighted by atomic mass is 10.1. The van der Waals surface area contributed by atoms with Gasteiger partial charge in [0, 0.05) is 0 Å². The summed E-state index contributed by atoms with van der Waals surface area (Å²) in [5.41, 5.74) is 2.49. The van der Waals surface area contributed by atoms with E-state index in [4.69, 9.17) is 4.74 Å². The van der Waals surface area contributed by atoms with Gasteiger partial charge in [0.05, 0.1) is 18.6 Å². The summed E-state index contributed by atoms with van der Waals surface area (Å²) in [6.45, 7) is 7.26. The minimum Gasteiger partial charge on any atom is -0.464 e. The Balaban J connectivity index is 3.26. The molecule has 0 fully saturated rings. The molecule has 0 aliphatic carbocycles. The third kappa shape index (κ3) is 3.72. The lowest BCUT2D eigenvalue weighted by molar-refractivity contribution is -0.144. The molecule has 112 valence electrons. The van der Waals surface area contributed by atoms with Crippen molar-refractivity contribution in [2.75, 3.05) is 17.2 Å². The van der Waals surface area contributed by atoms with Crippen molar-refractivity contribution < 1.29 is 17.9 Å². The zero-order chi connectivity index (χ0) is 15.5. The van der Waals surface area contributed by atoms with E-state index in [2.05, 4.69) is 0 Å². The van der Waals surface area contributed by atoms with Crippen molar-refractivity contribution in [1.82, 2.24) is 0 Å². The molecule has 1 rings (SSSR count). The first-order valence-electron chi connectivity index (χ1n) is 6.41. The largest absolute Gasteiger partial charge is 0.464 e. The minimum atomic E-state index is -3.58. The molecule has 20 heavy (non-hydrogen) atoms. The molecule has 0 heterocycles. The molecule has 1 unspecified atom stereocenters. The predicted octanol–water partition coefficient (Wildman–Crippen LogP) is 2.02. The van der Waals surface area contributed by atoms with E-state index in [1.807, 2.05) is 19.9 Å². The summed E-state index contributed by atoms with van der Waals surface area (Å²) in [5, 5.41) is 0. The first kappa shape index (κ1) is 16.5. The molecule has 6 heteroatoms. The third-order valence-corrected chi connectivity index (χ3v) is 4.32. The van der Waals surface area contributed by atoms with E-state index in [9.17, 15) is 13.2 Å². The highest BCUT2D eigenvalue weighted by Crippen LogP contribution is 2.24. The van der Waals surface area contributed by atoms with Crippen molar-refractivity contribution >= 4 is 21.7 Å². The maximum atomic E-state index is 12.0. The average molecular weight is 299 g/mol. The van der Waals surface area contributed by atoms with Gasteiger partial charge in [-0.1, -0.05) is 6.07 Å². The van der Waals surface area contributed by atoms with Gasteiger partial charge in [-0.15, -0.1) is 0 Å². The topological polar surface area (TPSA) is 63.7 Å². The van der Waals surface area contributed by atoms with Crippen LogP contribution in [0.1, 0.15) is 25.0 Å². The number of sulfonamides is 1. The number of hydrogen-bond acceptors (Lipinski definition) is 4. The van der Waals surface area contributed by atoms with Crippen LogP contribution >= 0.6 is 0 Å². The molecule has 0 saturated heterocycles. The fraction of sp³-hybridized carbons (Fsp3) is 0.500. The van der Waals surface area contributed by atoms with Crippen molar-refractivity contribution in [3.63, 3.8) is 0 Å². The average Bonchev–Trinajstić information content (AvgIpc) is 2.32. The monoisotopic (exact) mass is 299 g/mol. The summed E-state index contributed by atoms with van der Waals surface area (Å²) in [7, 11) is -3.58. The number of carbonyl (C=O) groups is 1. The molecule has 1 aromatic rings. The van der Waals surface area contributed by atoms with E-state index in [1.165, 1.54) is 6.92 Å². The highest BCUT2D eigenvalue weighted by molar-refractivity contribution is 7.92. The number of nitrogens with zero attached hydrogens (tertiary/aromatic N) is 1. The van der Waals surface area contributed by atoms with E-state index in [1.54, 1.807) is 19.1 Å². The molecule has 0 aliphatic rings. The molecular formula is C14H21NO4S. The van der Waals surface area contributed by atoms with Crippen LogP contribution in [0.3, 0.4) is 0 Å². The summed E-state index contributed by atoms with van der Waals surface area (Å²) in [6, 6.07) is 4.39. The van der Waals surface area contributed by atoms with Crippen LogP contribution in [0, 0.1) is 13.8 Å². The van der Waals surface area contributed by atoms with E-state index in [0.717, 1.165) is 21.7 Å². The van der Waals surface area contributed by atoms with Crippen molar-refractivity contribution in [2.45, 2.75) is 33.7 Å². The quantitative estimate of drug-likeness (QED) is 0.780. The number of benzene rings is 1. The van der Waals surface area contributed by atoms with E-state index in [0.29, 0.717) is 5.69 Å². The number of hydrogen-bond donors (Lipinski definition) is 0. The van der Waals surface area contributed by atoms with Gasteiger partial charge < -0.3 is 4.74 Å². The van der Waals surface area contributed by atoms with E-state index < -0.39 is 22.0 Å². The van der Waals surface area contributed by atoms with Crippen LogP contribution in [-0.4, -0.2) is 33.3 Å². The van der Waals surface area contributed by atoms with Gasteiger partial charge in [0.25, 0.3) is 0 Å². The highest BCUT2D eigenvalue weighted by atomic mass is 32.2. The number of carbonyl (C=O) groups excluding carboxylic acids is 1. The summed E-state index contributed by atoms with van der Waals surface area (Å²) >= 11 is 0. The molecular weight excluding hydrogens is 278 g/mol. The van der Waals surface area contributed by atoms with Gasteiger partial charge >= 0.3 is 5.97 Å². The van der Waals surface area contributed by atoms with Crippen LogP contribution in [0.15, 0.2) is 18.2 Å². The molecule has 5 nitrogen and oxygen atoms in total. The van der Waals surface area contributed by atoms with Crippen molar-refractivity contribution in [1.29, 1.82) is 0 Å². The zero-order valence-electron chi connectivity index (χ0n) is 12.5. The number of anilines is 1. The maximum absolute atomic E-state index is 12.0. The molecule has 0 radical (unpaired) electrons. The smallest absolute Gasteiger partial charge is 0.329 e. The van der Waals surface area contributed by atoms with Gasteiger partial charge in [-0.2, -0.15) is 0 Å². The van der Waals surface area contributed by atoms with Gasteiger partial charge in [0.1, 0.15) is 6.04 Å². The van der Waals surface area contributed by atoms with E-state index in [-0.39, 0.29) is 6.61 Å². The molecule has 0 amide bonds. The van der Waals surface area contributed by atoms with Crippen molar-refractivity contribution in [3.8, 4) is 0 Å². The van der Waals surface area contributed by atoms with Gasteiger partial charge in [0.2, 0.25) is 10.0 Å². The van der Waals surface area contributed by atoms with Gasteiger partial charge in [0.15, 0.2) is 0 Å². The van der Waals surface area contributed by atoms with E-state index >= 15 is 0 Å². The second-order valence-electron chi connectivity index (χ2n) is 4.76. The molecule has 0 aromatic heterocycles. The second kappa shape index (κ2) is 6.26. The fourth-order valence-corrected chi connectivity index (χ4v) is 3.08. The number of aryl methyl sites for hydroxylation is 2. The highest BCUT2D eigenvalue weighted by Gasteiger charge is 2.30. The van der Waals surface area contributed by atoms with Crippen LogP contribution in [0.4, 0.5) is 5.69 Å².